The van der Waals surface area contributed by atoms with E-state index in [-0.39, 0.29) is 6.54 Å². The maximum absolute atomic E-state index is 13.1. The van der Waals surface area contributed by atoms with Gasteiger partial charge in [-0.1, -0.05) is 42.7 Å². The molecule has 0 N–H and O–H groups in total. The monoisotopic (exact) mass is 352 g/mol. The fraction of sp³-hybridized carbons (Fsp3) is 0.353. The molecule has 24 heavy (non-hydrogen) atoms. The molecule has 0 aromatic heterocycles. The molecular formula is C17H20BF3N2S. The van der Waals surface area contributed by atoms with Gasteiger partial charge in [0.05, 0.1) is 12.1 Å². The smallest absolute Gasteiger partial charge is 0.356 e. The summed E-state index contributed by atoms with van der Waals surface area (Å²) in [5.41, 5.74) is 0.981. The number of hydrogen-bond acceptors (Lipinski definition) is 3. The van der Waals surface area contributed by atoms with Crippen LogP contribution in [0.5, 0.6) is 0 Å². The Morgan fingerprint density at radius 2 is 2.00 bits per heavy atom. The molecule has 0 bridgehead atoms. The molecule has 7 heteroatoms. The third-order valence-electron chi connectivity index (χ3n) is 3.56. The van der Waals surface area contributed by atoms with Gasteiger partial charge < -0.3 is 4.90 Å². The number of rotatable bonds is 3. The second-order valence-electron chi connectivity index (χ2n) is 5.60. The summed E-state index contributed by atoms with van der Waals surface area (Å²) in [6.07, 6.45) is -1.99. The van der Waals surface area contributed by atoms with E-state index >= 15 is 0 Å². The largest absolute Gasteiger partial charge is 0.416 e. The molecule has 1 aliphatic heterocycles. The number of likely N-dealkylation sites (N-methyl/N-ethyl adjacent to an activating group) is 1. The number of hydrogen-bond donors (Lipinski definition) is 0. The van der Waals surface area contributed by atoms with E-state index in [4.69, 9.17) is 0 Å². The van der Waals surface area contributed by atoms with E-state index in [9.17, 15) is 13.2 Å². The molecule has 0 saturated carbocycles. The van der Waals surface area contributed by atoms with Crippen LogP contribution in [-0.2, 0) is 0 Å². The summed E-state index contributed by atoms with van der Waals surface area (Å²) in [4.78, 5) is 7.46. The first-order valence-electron chi connectivity index (χ1n) is 7.75. The van der Waals surface area contributed by atoms with E-state index in [1.807, 2.05) is 36.2 Å². The molecule has 0 saturated heterocycles. The Morgan fingerprint density at radius 1 is 1.29 bits per heavy atom. The van der Waals surface area contributed by atoms with Crippen LogP contribution in [0.4, 0.5) is 13.2 Å². The van der Waals surface area contributed by atoms with E-state index in [1.165, 1.54) is 6.08 Å². The molecule has 1 heterocycles. The predicted molar refractivity (Wildman–Crippen MR) is 97.6 cm³/mol. The van der Waals surface area contributed by atoms with Crippen molar-refractivity contribution in [2.24, 2.45) is 4.99 Å². The van der Waals surface area contributed by atoms with Crippen LogP contribution >= 0.6 is 11.8 Å². The summed E-state index contributed by atoms with van der Waals surface area (Å²) < 4.78 is 39.2. The van der Waals surface area contributed by atoms with Gasteiger partial charge in [0.25, 0.3) is 0 Å². The molecule has 0 fully saturated rings. The molecule has 2 nitrogen and oxygen atoms in total. The summed E-state index contributed by atoms with van der Waals surface area (Å²) in [7, 11) is 3.58. The van der Waals surface area contributed by atoms with Crippen molar-refractivity contribution in [2.45, 2.75) is 18.0 Å². The Balaban J connectivity index is 2.45. The number of alkyl halides is 3. The molecule has 2 rings (SSSR count). The first kappa shape index (κ1) is 18.7. The fourth-order valence-electron chi connectivity index (χ4n) is 2.59. The number of aliphatic imine (C=N–C) groups is 1. The third-order valence-corrected chi connectivity index (χ3v) is 4.51. The molecule has 0 atom stereocenters. The van der Waals surface area contributed by atoms with E-state index in [0.717, 1.165) is 28.1 Å². The van der Waals surface area contributed by atoms with Crippen molar-refractivity contribution in [2.75, 3.05) is 25.9 Å². The molecule has 1 aliphatic rings. The lowest BCUT2D eigenvalue weighted by atomic mass is 9.92. The summed E-state index contributed by atoms with van der Waals surface area (Å²) in [5.74, 6) is 1.64. The SMILES string of the molecule is B/C1=C/C(C(F)(F)F)=C\C/N=C(/c2ccccc2SCC)N(C)C1. The Hall–Kier alpha value is -1.63. The number of halogens is 3. The van der Waals surface area contributed by atoms with Gasteiger partial charge in [-0.05, 0) is 11.8 Å². The molecule has 0 amide bonds. The Morgan fingerprint density at radius 3 is 2.67 bits per heavy atom. The van der Waals surface area contributed by atoms with Crippen LogP contribution in [0.25, 0.3) is 0 Å². The second-order valence-corrected chi connectivity index (χ2v) is 6.90. The lowest BCUT2D eigenvalue weighted by Crippen LogP contribution is -2.30. The van der Waals surface area contributed by atoms with Crippen LogP contribution in [0, 0.1) is 0 Å². The molecule has 0 unspecified atom stereocenters. The zero-order chi connectivity index (χ0) is 17.7. The maximum atomic E-state index is 13.1. The van der Waals surface area contributed by atoms with E-state index in [1.54, 1.807) is 19.6 Å². The second kappa shape index (κ2) is 7.97. The van der Waals surface area contributed by atoms with Crippen LogP contribution in [0.3, 0.4) is 0 Å². The van der Waals surface area contributed by atoms with Gasteiger partial charge in [0, 0.05) is 24.1 Å². The maximum Gasteiger partial charge on any atom is 0.416 e. The normalized spacial score (nSPS) is 23.0. The fourth-order valence-corrected chi connectivity index (χ4v) is 3.39. The van der Waals surface area contributed by atoms with Gasteiger partial charge >= 0.3 is 6.18 Å². The number of amidine groups is 1. The Labute approximate surface area is 145 Å². The van der Waals surface area contributed by atoms with Gasteiger partial charge in [0.15, 0.2) is 0 Å². The quantitative estimate of drug-likeness (QED) is 0.611. The van der Waals surface area contributed by atoms with Crippen LogP contribution in [0.2, 0.25) is 0 Å². The summed E-state index contributed by atoms with van der Waals surface area (Å²) in [5, 5.41) is 0. The van der Waals surface area contributed by atoms with Crippen molar-refractivity contribution in [1.29, 1.82) is 0 Å². The highest BCUT2D eigenvalue weighted by atomic mass is 32.2. The standard InChI is InChI=1S/C17H20BF3N2S/c1-3-24-15-7-5-4-6-14(15)16-22-9-8-12(17(19,20)21)10-13(18)11-23(16)2/h4-8,10H,3,9,11,18H2,1-2H3/b12-8+,13-10+,22-16-. The van der Waals surface area contributed by atoms with Crippen molar-refractivity contribution in [3.05, 3.63) is 53.0 Å². The van der Waals surface area contributed by atoms with Gasteiger partial charge in [-0.3, -0.25) is 4.99 Å². The first-order chi connectivity index (χ1) is 11.3. The van der Waals surface area contributed by atoms with Gasteiger partial charge in [-0.15, -0.1) is 11.8 Å². The minimum Gasteiger partial charge on any atom is -0.356 e. The van der Waals surface area contributed by atoms with Gasteiger partial charge in [-0.2, -0.15) is 13.2 Å². The molecule has 0 radical (unpaired) electrons. The topological polar surface area (TPSA) is 15.6 Å². The third kappa shape index (κ3) is 4.69. The van der Waals surface area contributed by atoms with E-state index in [0.29, 0.717) is 12.0 Å². The van der Waals surface area contributed by atoms with Crippen molar-refractivity contribution >= 4 is 25.4 Å². The average Bonchev–Trinajstić information content (AvgIpc) is 2.57. The lowest BCUT2D eigenvalue weighted by Gasteiger charge is -2.23. The van der Waals surface area contributed by atoms with Crippen molar-refractivity contribution < 1.29 is 13.2 Å². The Bertz CT molecular complexity index is 681. The van der Waals surface area contributed by atoms with Crippen molar-refractivity contribution in [3.8, 4) is 0 Å². The van der Waals surface area contributed by atoms with E-state index in [2.05, 4.69) is 11.9 Å². The number of allylic oxidation sites excluding steroid dienone is 2. The van der Waals surface area contributed by atoms with Crippen LogP contribution in [0.1, 0.15) is 12.5 Å². The molecule has 128 valence electrons. The average molecular weight is 352 g/mol. The summed E-state index contributed by atoms with van der Waals surface area (Å²) >= 11 is 1.70. The molecule has 0 aliphatic carbocycles. The van der Waals surface area contributed by atoms with Gasteiger partial charge in [0.1, 0.15) is 13.7 Å². The van der Waals surface area contributed by atoms with E-state index < -0.39 is 11.7 Å². The molecule has 1 aromatic carbocycles. The highest BCUT2D eigenvalue weighted by Crippen LogP contribution is 2.28. The zero-order valence-corrected chi connectivity index (χ0v) is 14.8. The van der Waals surface area contributed by atoms with Gasteiger partial charge in [-0.25, -0.2) is 0 Å². The van der Waals surface area contributed by atoms with Crippen molar-refractivity contribution in [1.82, 2.24) is 4.90 Å². The molecule has 0 spiro atoms. The number of thioether (sulfide) groups is 1. The highest BCUT2D eigenvalue weighted by Gasteiger charge is 2.32. The van der Waals surface area contributed by atoms with Crippen molar-refractivity contribution in [3.63, 3.8) is 0 Å². The summed E-state index contributed by atoms with van der Waals surface area (Å²) in [6, 6.07) is 7.88. The number of benzene rings is 1. The minimum absolute atomic E-state index is 0.00340. The minimum atomic E-state index is -4.35. The first-order valence-corrected chi connectivity index (χ1v) is 8.73. The highest BCUT2D eigenvalue weighted by molar-refractivity contribution is 7.99. The van der Waals surface area contributed by atoms with Crippen LogP contribution in [-0.4, -0.2) is 50.6 Å². The van der Waals surface area contributed by atoms with Crippen LogP contribution in [0.15, 0.2) is 57.4 Å². The lowest BCUT2D eigenvalue weighted by molar-refractivity contribution is -0.0883. The van der Waals surface area contributed by atoms with Gasteiger partial charge in [0.2, 0.25) is 0 Å². The molecule has 1 aromatic rings. The zero-order valence-electron chi connectivity index (χ0n) is 14.0. The predicted octanol–water partition coefficient (Wildman–Crippen LogP) is 3.50. The summed E-state index contributed by atoms with van der Waals surface area (Å²) in [6.45, 7) is 2.47. The molecular weight excluding hydrogens is 332 g/mol. The van der Waals surface area contributed by atoms with Crippen LogP contribution < -0.4 is 0 Å². The number of nitrogens with zero attached hydrogens (tertiary/aromatic N) is 2. The Kier molecular flexibility index (Phi) is 6.21.